The number of rotatable bonds is 2. The molecule has 0 aliphatic rings. The maximum atomic E-state index is 11.0. The minimum Gasteiger partial charge on any atom is -0.398 e. The molecule has 0 saturated carbocycles. The second-order valence-electron chi connectivity index (χ2n) is 3.06. The van der Waals surface area contributed by atoms with E-state index in [1.807, 2.05) is 0 Å². The maximum Gasteiger partial charge on any atom is 0.229 e. The molecular weight excluding hydrogens is 224 g/mol. The van der Waals surface area contributed by atoms with E-state index in [1.165, 1.54) is 6.07 Å². The first-order chi connectivity index (χ1) is 6.29. The van der Waals surface area contributed by atoms with Gasteiger partial charge in [0, 0.05) is 0 Å². The molecule has 78 valence electrons. The standard InChI is InChI=1S/C8H11ClN2O2S/c1-5-3-7(10)6(9)4-8(5)11-14(2,12)13/h3-4,11H,10H2,1-2H3. The lowest BCUT2D eigenvalue weighted by Gasteiger charge is -2.09. The van der Waals surface area contributed by atoms with Crippen molar-refractivity contribution in [3.63, 3.8) is 0 Å². The summed E-state index contributed by atoms with van der Waals surface area (Å²) < 4.78 is 24.3. The van der Waals surface area contributed by atoms with Crippen LogP contribution < -0.4 is 10.5 Å². The van der Waals surface area contributed by atoms with Crippen LogP contribution in [0.15, 0.2) is 12.1 Å². The molecule has 0 amide bonds. The summed E-state index contributed by atoms with van der Waals surface area (Å²) in [6.07, 6.45) is 1.08. The summed E-state index contributed by atoms with van der Waals surface area (Å²) in [5.41, 5.74) is 7.16. The number of sulfonamides is 1. The molecule has 0 atom stereocenters. The number of nitrogens with two attached hydrogens (primary N) is 1. The van der Waals surface area contributed by atoms with E-state index in [4.69, 9.17) is 17.3 Å². The number of anilines is 2. The van der Waals surface area contributed by atoms with Gasteiger partial charge in [-0.25, -0.2) is 8.42 Å². The van der Waals surface area contributed by atoms with Crippen molar-refractivity contribution in [1.29, 1.82) is 0 Å². The number of hydrogen-bond acceptors (Lipinski definition) is 3. The molecule has 14 heavy (non-hydrogen) atoms. The lowest BCUT2D eigenvalue weighted by atomic mass is 10.2. The SMILES string of the molecule is Cc1cc(N)c(Cl)cc1NS(C)(=O)=O. The second kappa shape index (κ2) is 3.67. The van der Waals surface area contributed by atoms with Crippen LogP contribution in [0, 0.1) is 6.92 Å². The molecule has 3 N–H and O–H groups in total. The quantitative estimate of drug-likeness (QED) is 0.764. The Hall–Kier alpha value is -0.940. The zero-order valence-electron chi connectivity index (χ0n) is 7.83. The molecule has 0 aliphatic carbocycles. The Balaban J connectivity index is 3.17. The van der Waals surface area contributed by atoms with Gasteiger partial charge in [0.1, 0.15) is 0 Å². The van der Waals surface area contributed by atoms with Gasteiger partial charge in [0.25, 0.3) is 0 Å². The molecule has 6 heteroatoms. The van der Waals surface area contributed by atoms with E-state index in [2.05, 4.69) is 4.72 Å². The molecule has 1 aromatic carbocycles. The molecule has 1 rings (SSSR count). The van der Waals surface area contributed by atoms with Crippen molar-refractivity contribution >= 4 is 33.0 Å². The van der Waals surface area contributed by atoms with Crippen molar-refractivity contribution in [1.82, 2.24) is 0 Å². The molecule has 0 heterocycles. The Morgan fingerprint density at radius 2 is 2.00 bits per heavy atom. The Morgan fingerprint density at radius 1 is 1.43 bits per heavy atom. The van der Waals surface area contributed by atoms with Crippen molar-refractivity contribution in [3.05, 3.63) is 22.7 Å². The Labute approximate surface area is 88.1 Å². The zero-order valence-corrected chi connectivity index (χ0v) is 9.41. The van der Waals surface area contributed by atoms with Crippen molar-refractivity contribution < 1.29 is 8.42 Å². The van der Waals surface area contributed by atoms with E-state index < -0.39 is 10.0 Å². The fraction of sp³-hybridized carbons (Fsp3) is 0.250. The van der Waals surface area contributed by atoms with Crippen LogP contribution in [0.1, 0.15) is 5.56 Å². The molecule has 1 aromatic rings. The van der Waals surface area contributed by atoms with Gasteiger partial charge in [-0.3, -0.25) is 4.72 Å². The Kier molecular flexibility index (Phi) is 2.92. The first-order valence-corrected chi connectivity index (χ1v) is 6.10. The largest absolute Gasteiger partial charge is 0.398 e. The van der Waals surface area contributed by atoms with Gasteiger partial charge >= 0.3 is 0 Å². The molecule has 0 fully saturated rings. The highest BCUT2D eigenvalue weighted by Crippen LogP contribution is 2.26. The smallest absolute Gasteiger partial charge is 0.229 e. The monoisotopic (exact) mass is 234 g/mol. The van der Waals surface area contributed by atoms with Crippen LogP contribution in [0.4, 0.5) is 11.4 Å². The van der Waals surface area contributed by atoms with Gasteiger partial charge in [0.05, 0.1) is 22.7 Å². The highest BCUT2D eigenvalue weighted by atomic mass is 35.5. The number of hydrogen-bond donors (Lipinski definition) is 2. The van der Waals surface area contributed by atoms with Crippen LogP contribution in [0.2, 0.25) is 5.02 Å². The molecule has 0 bridgehead atoms. The summed E-state index contributed by atoms with van der Waals surface area (Å²) in [5, 5.41) is 0.335. The van der Waals surface area contributed by atoms with Gasteiger partial charge in [0.15, 0.2) is 0 Å². The third kappa shape index (κ3) is 2.78. The maximum absolute atomic E-state index is 11.0. The summed E-state index contributed by atoms with van der Waals surface area (Å²) in [7, 11) is -3.28. The second-order valence-corrected chi connectivity index (χ2v) is 5.22. The molecule has 0 radical (unpaired) electrons. The minimum atomic E-state index is -3.28. The summed E-state index contributed by atoms with van der Waals surface area (Å²) >= 11 is 5.75. The first kappa shape index (κ1) is 11.1. The summed E-state index contributed by atoms with van der Waals surface area (Å²) in [4.78, 5) is 0. The molecule has 4 nitrogen and oxygen atoms in total. The molecule has 0 unspecified atom stereocenters. The van der Waals surface area contributed by atoms with E-state index in [-0.39, 0.29) is 0 Å². The van der Waals surface area contributed by atoms with Crippen LogP contribution in [0.25, 0.3) is 0 Å². The average molecular weight is 235 g/mol. The predicted molar refractivity (Wildman–Crippen MR) is 59.1 cm³/mol. The van der Waals surface area contributed by atoms with Crippen molar-refractivity contribution in [2.45, 2.75) is 6.92 Å². The minimum absolute atomic E-state index is 0.335. The summed E-state index contributed by atoms with van der Waals surface area (Å²) in [6, 6.07) is 3.11. The van der Waals surface area contributed by atoms with Gasteiger partial charge < -0.3 is 5.73 Å². The van der Waals surface area contributed by atoms with Crippen LogP contribution in [0.3, 0.4) is 0 Å². The number of nitrogen functional groups attached to an aromatic ring is 1. The number of halogens is 1. The fourth-order valence-electron chi connectivity index (χ4n) is 1.01. The first-order valence-electron chi connectivity index (χ1n) is 3.83. The van der Waals surface area contributed by atoms with Crippen LogP contribution in [0.5, 0.6) is 0 Å². The van der Waals surface area contributed by atoms with Crippen LogP contribution >= 0.6 is 11.6 Å². The Bertz CT molecular complexity index is 457. The Morgan fingerprint density at radius 3 is 2.50 bits per heavy atom. The number of benzene rings is 1. The van der Waals surface area contributed by atoms with Crippen molar-refractivity contribution in [2.75, 3.05) is 16.7 Å². The molecule has 0 saturated heterocycles. The molecule has 0 spiro atoms. The lowest BCUT2D eigenvalue weighted by molar-refractivity contribution is 0.607. The predicted octanol–water partition coefficient (Wildman–Crippen LogP) is 1.60. The van der Waals surface area contributed by atoms with Gasteiger partial charge in [-0.05, 0) is 24.6 Å². The summed E-state index contributed by atoms with van der Waals surface area (Å²) in [6.45, 7) is 1.75. The normalized spacial score (nSPS) is 11.4. The number of aryl methyl sites for hydroxylation is 1. The average Bonchev–Trinajstić information content (AvgIpc) is 1.97. The lowest BCUT2D eigenvalue weighted by Crippen LogP contribution is -2.10. The van der Waals surface area contributed by atoms with E-state index >= 15 is 0 Å². The van der Waals surface area contributed by atoms with Crippen LogP contribution in [-0.2, 0) is 10.0 Å². The van der Waals surface area contributed by atoms with E-state index in [1.54, 1.807) is 13.0 Å². The molecule has 0 aromatic heterocycles. The highest BCUT2D eigenvalue weighted by Gasteiger charge is 2.07. The van der Waals surface area contributed by atoms with Crippen LogP contribution in [-0.4, -0.2) is 14.7 Å². The molecule has 0 aliphatic heterocycles. The fourth-order valence-corrected chi connectivity index (χ4v) is 1.80. The third-order valence-electron chi connectivity index (χ3n) is 1.64. The van der Waals surface area contributed by atoms with Gasteiger partial charge in [-0.2, -0.15) is 0 Å². The van der Waals surface area contributed by atoms with Gasteiger partial charge in [-0.1, -0.05) is 11.6 Å². The van der Waals surface area contributed by atoms with Gasteiger partial charge in [0.2, 0.25) is 10.0 Å². The zero-order chi connectivity index (χ0) is 10.9. The third-order valence-corrected chi connectivity index (χ3v) is 2.56. The topological polar surface area (TPSA) is 72.2 Å². The van der Waals surface area contributed by atoms with E-state index in [9.17, 15) is 8.42 Å². The highest BCUT2D eigenvalue weighted by molar-refractivity contribution is 7.92. The van der Waals surface area contributed by atoms with Crippen molar-refractivity contribution in [3.8, 4) is 0 Å². The summed E-state index contributed by atoms with van der Waals surface area (Å²) in [5.74, 6) is 0. The van der Waals surface area contributed by atoms with Gasteiger partial charge in [-0.15, -0.1) is 0 Å². The van der Waals surface area contributed by atoms with Crippen molar-refractivity contribution in [2.24, 2.45) is 0 Å². The van der Waals surface area contributed by atoms with E-state index in [0.717, 1.165) is 11.8 Å². The molecular formula is C8H11ClN2O2S. The number of nitrogens with one attached hydrogen (secondary N) is 1. The van der Waals surface area contributed by atoms with E-state index in [0.29, 0.717) is 16.4 Å².